The van der Waals surface area contributed by atoms with Crippen molar-refractivity contribution >= 4 is 5.96 Å². The molecule has 0 saturated carbocycles. The van der Waals surface area contributed by atoms with Gasteiger partial charge in [0, 0.05) is 32.4 Å². The first-order valence-electron chi connectivity index (χ1n) is 8.71. The lowest BCUT2D eigenvalue weighted by molar-refractivity contribution is 0.265. The van der Waals surface area contributed by atoms with Crippen LogP contribution in [0.4, 0.5) is 0 Å². The first-order valence-corrected chi connectivity index (χ1v) is 8.71. The van der Waals surface area contributed by atoms with Crippen LogP contribution in [0.1, 0.15) is 30.7 Å². The molecule has 1 aromatic heterocycles. The quantitative estimate of drug-likeness (QED) is 0.602. The van der Waals surface area contributed by atoms with Crippen molar-refractivity contribution in [3.05, 3.63) is 65.5 Å². The van der Waals surface area contributed by atoms with Gasteiger partial charge in [-0.3, -0.25) is 14.9 Å². The highest BCUT2D eigenvalue weighted by molar-refractivity contribution is 5.79. The van der Waals surface area contributed by atoms with E-state index < -0.39 is 0 Å². The predicted molar refractivity (Wildman–Crippen MR) is 104 cm³/mol. The summed E-state index contributed by atoms with van der Waals surface area (Å²) in [4.78, 5) is 10.9. The van der Waals surface area contributed by atoms with Crippen LogP contribution >= 0.6 is 0 Å². The number of benzene rings is 1. The van der Waals surface area contributed by atoms with Gasteiger partial charge in [0.1, 0.15) is 0 Å². The molecule has 134 valence electrons. The third-order valence-corrected chi connectivity index (χ3v) is 4.25. The Hall–Kier alpha value is -2.40. The van der Waals surface area contributed by atoms with Gasteiger partial charge in [0.15, 0.2) is 5.96 Å². The zero-order valence-electron chi connectivity index (χ0n) is 15.7. The van der Waals surface area contributed by atoms with Crippen LogP contribution in [0.25, 0.3) is 0 Å². The minimum absolute atomic E-state index is 0.522. The van der Waals surface area contributed by atoms with Gasteiger partial charge in [-0.1, -0.05) is 30.3 Å². The van der Waals surface area contributed by atoms with Gasteiger partial charge in [-0.2, -0.15) is 0 Å². The predicted octanol–water partition coefficient (Wildman–Crippen LogP) is 2.79. The highest BCUT2D eigenvalue weighted by Crippen LogP contribution is 2.12. The van der Waals surface area contributed by atoms with Gasteiger partial charge in [-0.25, -0.2) is 0 Å². The molecule has 0 unspecified atom stereocenters. The summed E-state index contributed by atoms with van der Waals surface area (Å²) >= 11 is 0. The average molecular weight is 339 g/mol. The lowest BCUT2D eigenvalue weighted by Gasteiger charge is -2.23. The minimum Gasteiger partial charge on any atom is -0.352 e. The Balaban J connectivity index is 1.93. The normalized spacial score (nSPS) is 11.8. The van der Waals surface area contributed by atoms with Crippen LogP contribution in [-0.2, 0) is 19.6 Å². The maximum absolute atomic E-state index is 4.32. The Kier molecular flexibility index (Phi) is 7.41. The summed E-state index contributed by atoms with van der Waals surface area (Å²) in [6, 6.07) is 15.0. The Morgan fingerprint density at radius 2 is 1.72 bits per heavy atom. The fourth-order valence-corrected chi connectivity index (χ4v) is 2.41. The topological polar surface area (TPSA) is 52.6 Å². The molecule has 0 radical (unpaired) electrons. The zero-order chi connectivity index (χ0) is 18.1. The molecule has 1 heterocycles. The van der Waals surface area contributed by atoms with E-state index in [0.29, 0.717) is 12.6 Å². The molecule has 0 bridgehead atoms. The molecule has 0 amide bonds. The molecule has 25 heavy (non-hydrogen) atoms. The molecule has 2 aromatic rings. The largest absolute Gasteiger partial charge is 0.352 e. The molecule has 0 spiro atoms. The van der Waals surface area contributed by atoms with Gasteiger partial charge in [-0.15, -0.1) is 0 Å². The SMILES string of the molecule is CN=C(NCc1ccccn1)NCc1ccccc1CN(C)C(C)C. The number of guanidine groups is 1. The van der Waals surface area contributed by atoms with Gasteiger partial charge in [0.2, 0.25) is 0 Å². The van der Waals surface area contributed by atoms with Gasteiger partial charge in [-0.05, 0) is 44.2 Å². The summed E-state index contributed by atoms with van der Waals surface area (Å²) < 4.78 is 0. The van der Waals surface area contributed by atoms with Crippen molar-refractivity contribution in [1.82, 2.24) is 20.5 Å². The summed E-state index contributed by atoms with van der Waals surface area (Å²) in [5.74, 6) is 0.776. The molecule has 0 fully saturated rings. The Bertz CT molecular complexity index is 667. The number of nitrogens with zero attached hydrogens (tertiary/aromatic N) is 3. The van der Waals surface area contributed by atoms with Crippen LogP contribution in [0, 0.1) is 0 Å². The van der Waals surface area contributed by atoms with Crippen LogP contribution in [0.15, 0.2) is 53.7 Å². The van der Waals surface area contributed by atoms with E-state index >= 15 is 0 Å². The van der Waals surface area contributed by atoms with Crippen molar-refractivity contribution in [1.29, 1.82) is 0 Å². The minimum atomic E-state index is 0.522. The third kappa shape index (κ3) is 6.19. The third-order valence-electron chi connectivity index (χ3n) is 4.25. The van der Waals surface area contributed by atoms with Crippen molar-refractivity contribution < 1.29 is 0 Å². The molecule has 0 atom stereocenters. The van der Waals surface area contributed by atoms with Crippen molar-refractivity contribution in [3.8, 4) is 0 Å². The van der Waals surface area contributed by atoms with E-state index in [2.05, 4.69) is 70.7 Å². The van der Waals surface area contributed by atoms with Crippen LogP contribution in [0.3, 0.4) is 0 Å². The summed E-state index contributed by atoms with van der Waals surface area (Å²) in [6.45, 7) is 6.76. The fourth-order valence-electron chi connectivity index (χ4n) is 2.41. The second kappa shape index (κ2) is 9.79. The standard InChI is InChI=1S/C20H29N5/c1-16(2)25(4)15-18-10-6-5-9-17(18)13-23-20(21-3)24-14-19-11-7-8-12-22-19/h5-12,16H,13-15H2,1-4H3,(H2,21,23,24). The second-order valence-electron chi connectivity index (χ2n) is 6.38. The average Bonchev–Trinajstić information content (AvgIpc) is 2.63. The molecule has 0 aliphatic heterocycles. The van der Waals surface area contributed by atoms with Crippen molar-refractivity contribution in [2.75, 3.05) is 14.1 Å². The van der Waals surface area contributed by atoms with E-state index in [1.165, 1.54) is 11.1 Å². The summed E-state index contributed by atoms with van der Waals surface area (Å²) in [7, 11) is 3.94. The number of aliphatic imine (C=N–C) groups is 1. The summed E-state index contributed by atoms with van der Waals surface area (Å²) in [5.41, 5.74) is 3.62. The number of nitrogens with one attached hydrogen (secondary N) is 2. The van der Waals surface area contributed by atoms with E-state index in [9.17, 15) is 0 Å². The molecule has 0 aliphatic carbocycles. The summed E-state index contributed by atoms with van der Waals surface area (Å²) in [5, 5.41) is 6.69. The number of hydrogen-bond acceptors (Lipinski definition) is 3. The molecule has 2 N–H and O–H groups in total. The van der Waals surface area contributed by atoms with Gasteiger partial charge < -0.3 is 10.6 Å². The van der Waals surface area contributed by atoms with Crippen LogP contribution in [-0.4, -0.2) is 36.0 Å². The smallest absolute Gasteiger partial charge is 0.191 e. The van der Waals surface area contributed by atoms with Gasteiger partial charge >= 0.3 is 0 Å². The number of hydrogen-bond donors (Lipinski definition) is 2. The second-order valence-corrected chi connectivity index (χ2v) is 6.38. The molecule has 2 rings (SSSR count). The molecule has 0 aliphatic rings. The fraction of sp³-hybridized carbons (Fsp3) is 0.400. The molecule has 1 aromatic carbocycles. The highest BCUT2D eigenvalue weighted by atomic mass is 15.2. The molecular weight excluding hydrogens is 310 g/mol. The van der Waals surface area contributed by atoms with Crippen LogP contribution in [0.5, 0.6) is 0 Å². The maximum atomic E-state index is 4.32. The van der Waals surface area contributed by atoms with Crippen molar-refractivity contribution in [2.24, 2.45) is 4.99 Å². The van der Waals surface area contributed by atoms with Crippen LogP contribution in [0.2, 0.25) is 0 Å². The number of rotatable bonds is 7. The van der Waals surface area contributed by atoms with Crippen LogP contribution < -0.4 is 10.6 Å². The molecule has 5 heteroatoms. The Morgan fingerprint density at radius 3 is 2.36 bits per heavy atom. The molecule has 0 saturated heterocycles. The first-order chi connectivity index (χ1) is 12.1. The molecular formula is C20H29N5. The Morgan fingerprint density at radius 1 is 1.04 bits per heavy atom. The highest BCUT2D eigenvalue weighted by Gasteiger charge is 2.08. The summed E-state index contributed by atoms with van der Waals surface area (Å²) in [6.07, 6.45) is 1.80. The maximum Gasteiger partial charge on any atom is 0.191 e. The van der Waals surface area contributed by atoms with E-state index in [4.69, 9.17) is 0 Å². The van der Waals surface area contributed by atoms with Gasteiger partial charge in [0.05, 0.1) is 12.2 Å². The monoisotopic (exact) mass is 339 g/mol. The lowest BCUT2D eigenvalue weighted by Crippen LogP contribution is -2.37. The van der Waals surface area contributed by atoms with E-state index in [1.807, 2.05) is 18.2 Å². The number of aromatic nitrogens is 1. The number of pyridine rings is 1. The lowest BCUT2D eigenvalue weighted by atomic mass is 10.1. The van der Waals surface area contributed by atoms with Crippen molar-refractivity contribution in [2.45, 2.75) is 39.5 Å². The van der Waals surface area contributed by atoms with Gasteiger partial charge in [0.25, 0.3) is 0 Å². The molecule has 5 nitrogen and oxygen atoms in total. The first kappa shape index (κ1) is 18.9. The van der Waals surface area contributed by atoms with Crippen molar-refractivity contribution in [3.63, 3.8) is 0 Å². The van der Waals surface area contributed by atoms with E-state index in [1.54, 1.807) is 13.2 Å². The van der Waals surface area contributed by atoms with E-state index in [0.717, 1.165) is 24.7 Å². The van der Waals surface area contributed by atoms with E-state index in [-0.39, 0.29) is 0 Å². The Labute approximate surface area is 151 Å². The zero-order valence-corrected chi connectivity index (χ0v) is 15.7.